The molecule has 3 N–H and O–H groups in total. The first-order chi connectivity index (χ1) is 7.65. The number of hydrogen-bond acceptors (Lipinski definition) is 2. The Hall–Kier alpha value is -0.570. The van der Waals surface area contributed by atoms with Gasteiger partial charge in [-0.2, -0.15) is 0 Å². The maximum absolute atomic E-state index is 9.00. The van der Waals surface area contributed by atoms with Crippen molar-refractivity contribution in [2.24, 2.45) is 5.73 Å². The minimum Gasteiger partial charge on any atom is -0.481 e. The molecule has 0 aromatic heterocycles. The van der Waals surface area contributed by atoms with E-state index in [1.54, 1.807) is 0 Å². The van der Waals surface area contributed by atoms with Gasteiger partial charge in [0.2, 0.25) is 0 Å². The third kappa shape index (κ3) is 29.2. The molecule has 0 rings (SSSR count). The van der Waals surface area contributed by atoms with Crippen LogP contribution in [0.15, 0.2) is 0 Å². The van der Waals surface area contributed by atoms with Crippen molar-refractivity contribution in [3.8, 4) is 0 Å². The Morgan fingerprint density at radius 2 is 1.25 bits per heavy atom. The highest BCUT2D eigenvalue weighted by molar-refractivity contribution is 5.62. The van der Waals surface area contributed by atoms with E-state index in [1.165, 1.54) is 57.8 Å². The lowest BCUT2D eigenvalue weighted by Crippen LogP contribution is -1.97. The number of rotatable bonds is 9. The van der Waals surface area contributed by atoms with Gasteiger partial charge in [0.1, 0.15) is 0 Å². The molecule has 0 aliphatic rings. The summed E-state index contributed by atoms with van der Waals surface area (Å²) in [7, 11) is 0. The number of unbranched alkanes of at least 4 members (excludes halogenated alkanes) is 8. The predicted molar refractivity (Wildman–Crippen MR) is 69.6 cm³/mol. The topological polar surface area (TPSA) is 63.3 Å². The molecule has 0 spiro atoms. The second-order valence-electron chi connectivity index (χ2n) is 4.14. The lowest BCUT2D eigenvalue weighted by molar-refractivity contribution is -0.134. The minimum absolute atomic E-state index is 0.833. The highest BCUT2D eigenvalue weighted by atomic mass is 16.4. The monoisotopic (exact) mass is 231 g/mol. The molecule has 0 saturated carbocycles. The number of carbonyl (C=O) groups is 1. The average molecular weight is 231 g/mol. The second kappa shape index (κ2) is 16.8. The van der Waals surface area contributed by atoms with Crippen LogP contribution in [0.3, 0.4) is 0 Å². The zero-order valence-corrected chi connectivity index (χ0v) is 11.0. The molecule has 0 fully saturated rings. The first-order valence-electron chi connectivity index (χ1n) is 6.54. The number of carboxylic acids is 1. The minimum atomic E-state index is -0.833. The fraction of sp³-hybridized carbons (Fsp3) is 0.923. The summed E-state index contributed by atoms with van der Waals surface area (Å²) in [4.78, 5) is 9.00. The van der Waals surface area contributed by atoms with Crippen molar-refractivity contribution >= 4 is 5.97 Å². The number of nitrogens with two attached hydrogens (primary N) is 1. The van der Waals surface area contributed by atoms with Crippen molar-refractivity contribution in [2.75, 3.05) is 6.54 Å². The van der Waals surface area contributed by atoms with Crippen LogP contribution in [0.25, 0.3) is 0 Å². The number of hydrogen-bond donors (Lipinski definition) is 2. The van der Waals surface area contributed by atoms with Crippen LogP contribution >= 0.6 is 0 Å². The molecule has 3 nitrogen and oxygen atoms in total. The molecule has 3 heteroatoms. The molecule has 0 aliphatic carbocycles. The van der Waals surface area contributed by atoms with E-state index in [-0.39, 0.29) is 0 Å². The van der Waals surface area contributed by atoms with E-state index in [1.807, 2.05) is 0 Å². The molecular weight excluding hydrogens is 202 g/mol. The highest BCUT2D eigenvalue weighted by Gasteiger charge is 1.90. The van der Waals surface area contributed by atoms with Crippen LogP contribution in [0.1, 0.15) is 71.6 Å². The first kappa shape index (κ1) is 17.8. The summed E-state index contributed by atoms with van der Waals surface area (Å²) >= 11 is 0. The van der Waals surface area contributed by atoms with Crippen molar-refractivity contribution in [1.29, 1.82) is 0 Å². The SMILES string of the molecule is CC(=O)O.CCCCCCCCCCCN. The van der Waals surface area contributed by atoms with E-state index in [0.29, 0.717) is 0 Å². The molecule has 0 bridgehead atoms. The van der Waals surface area contributed by atoms with Gasteiger partial charge in [-0.25, -0.2) is 0 Å². The van der Waals surface area contributed by atoms with Gasteiger partial charge >= 0.3 is 0 Å². The Morgan fingerprint density at radius 1 is 0.938 bits per heavy atom. The predicted octanol–water partition coefficient (Wildman–Crippen LogP) is 3.57. The maximum Gasteiger partial charge on any atom is 0.300 e. The van der Waals surface area contributed by atoms with E-state index in [9.17, 15) is 0 Å². The van der Waals surface area contributed by atoms with Crippen molar-refractivity contribution in [2.45, 2.75) is 71.6 Å². The number of carboxylic acid groups (broad SMARTS) is 1. The van der Waals surface area contributed by atoms with E-state index in [2.05, 4.69) is 6.92 Å². The summed E-state index contributed by atoms with van der Waals surface area (Å²) in [5.41, 5.74) is 5.41. The fourth-order valence-electron chi connectivity index (χ4n) is 1.45. The van der Waals surface area contributed by atoms with Gasteiger partial charge in [0.25, 0.3) is 5.97 Å². The smallest absolute Gasteiger partial charge is 0.300 e. The van der Waals surface area contributed by atoms with Gasteiger partial charge in [-0.3, -0.25) is 4.79 Å². The van der Waals surface area contributed by atoms with Crippen LogP contribution < -0.4 is 5.73 Å². The summed E-state index contributed by atoms with van der Waals surface area (Å²) in [5, 5.41) is 7.42. The Bertz CT molecular complexity index is 124. The zero-order valence-electron chi connectivity index (χ0n) is 11.0. The molecule has 0 atom stereocenters. The van der Waals surface area contributed by atoms with Gasteiger partial charge in [0.15, 0.2) is 0 Å². The summed E-state index contributed by atoms with van der Waals surface area (Å²) in [6.45, 7) is 4.22. The van der Waals surface area contributed by atoms with Crippen LogP contribution in [0.5, 0.6) is 0 Å². The van der Waals surface area contributed by atoms with E-state index in [0.717, 1.165) is 13.5 Å². The molecule has 0 saturated heterocycles. The van der Waals surface area contributed by atoms with E-state index < -0.39 is 5.97 Å². The second-order valence-corrected chi connectivity index (χ2v) is 4.14. The maximum atomic E-state index is 9.00. The van der Waals surface area contributed by atoms with E-state index in [4.69, 9.17) is 15.6 Å². The van der Waals surface area contributed by atoms with Gasteiger partial charge < -0.3 is 10.8 Å². The summed E-state index contributed by atoms with van der Waals surface area (Å²) in [6, 6.07) is 0. The Morgan fingerprint density at radius 3 is 1.56 bits per heavy atom. The zero-order chi connectivity index (χ0) is 12.6. The van der Waals surface area contributed by atoms with Crippen LogP contribution in [-0.2, 0) is 4.79 Å². The molecule has 16 heavy (non-hydrogen) atoms. The molecule has 0 radical (unpaired) electrons. The Balaban J connectivity index is 0. The van der Waals surface area contributed by atoms with Crippen molar-refractivity contribution < 1.29 is 9.90 Å². The molecule has 0 aromatic rings. The first-order valence-corrected chi connectivity index (χ1v) is 6.54. The van der Waals surface area contributed by atoms with Crippen LogP contribution in [0.2, 0.25) is 0 Å². The summed E-state index contributed by atoms with van der Waals surface area (Å²) < 4.78 is 0. The van der Waals surface area contributed by atoms with Gasteiger partial charge in [0.05, 0.1) is 0 Å². The number of aliphatic carboxylic acids is 1. The normalized spacial score (nSPS) is 9.44. The lowest BCUT2D eigenvalue weighted by atomic mass is 10.1. The third-order valence-electron chi connectivity index (χ3n) is 2.31. The van der Waals surface area contributed by atoms with Gasteiger partial charge in [0, 0.05) is 6.92 Å². The molecular formula is C13H29NO2. The highest BCUT2D eigenvalue weighted by Crippen LogP contribution is 2.08. The summed E-state index contributed by atoms with van der Waals surface area (Å²) in [6.07, 6.45) is 12.5. The Kier molecular flexibility index (Phi) is 18.8. The van der Waals surface area contributed by atoms with Crippen molar-refractivity contribution in [3.05, 3.63) is 0 Å². The van der Waals surface area contributed by atoms with Gasteiger partial charge in [-0.15, -0.1) is 0 Å². The van der Waals surface area contributed by atoms with Crippen molar-refractivity contribution in [1.82, 2.24) is 0 Å². The molecule has 98 valence electrons. The van der Waals surface area contributed by atoms with E-state index >= 15 is 0 Å². The van der Waals surface area contributed by atoms with Crippen LogP contribution in [-0.4, -0.2) is 17.6 Å². The molecule has 0 aromatic carbocycles. The molecule has 0 heterocycles. The van der Waals surface area contributed by atoms with Crippen molar-refractivity contribution in [3.63, 3.8) is 0 Å². The average Bonchev–Trinajstić information content (AvgIpc) is 2.21. The largest absolute Gasteiger partial charge is 0.481 e. The quantitative estimate of drug-likeness (QED) is 0.596. The van der Waals surface area contributed by atoms with Crippen LogP contribution in [0.4, 0.5) is 0 Å². The van der Waals surface area contributed by atoms with Gasteiger partial charge in [-0.05, 0) is 13.0 Å². The lowest BCUT2D eigenvalue weighted by Gasteiger charge is -1.99. The fourth-order valence-corrected chi connectivity index (χ4v) is 1.45. The Labute approximate surface area is 100 Å². The molecule has 0 amide bonds. The standard InChI is InChI=1S/C11H25N.C2H4O2/c1-2-3-4-5-6-7-8-9-10-11-12;1-2(3)4/h2-12H2,1H3;1H3,(H,3,4). The summed E-state index contributed by atoms with van der Waals surface area (Å²) in [5.74, 6) is -0.833. The third-order valence-corrected chi connectivity index (χ3v) is 2.31. The molecule has 0 aliphatic heterocycles. The van der Waals surface area contributed by atoms with Gasteiger partial charge in [-0.1, -0.05) is 58.3 Å². The molecule has 0 unspecified atom stereocenters. The van der Waals surface area contributed by atoms with Crippen LogP contribution in [0, 0.1) is 0 Å².